The largest absolute Gasteiger partial charge is 0.375 e. The van der Waals surface area contributed by atoms with Crippen molar-refractivity contribution in [1.82, 2.24) is 4.98 Å². The molecule has 94 valence electrons. The molecule has 6 nitrogen and oxygen atoms in total. The number of ether oxygens (including phenoxy) is 1. The van der Waals surface area contributed by atoms with Crippen molar-refractivity contribution >= 4 is 5.69 Å². The maximum atomic E-state index is 10.9. The van der Waals surface area contributed by atoms with Crippen LogP contribution in [-0.4, -0.2) is 23.1 Å². The highest BCUT2D eigenvalue weighted by molar-refractivity contribution is 5.47. The fourth-order valence-corrected chi connectivity index (χ4v) is 1.55. The van der Waals surface area contributed by atoms with Gasteiger partial charge in [-0.05, 0) is 26.8 Å². The summed E-state index contributed by atoms with van der Waals surface area (Å²) in [5, 5.41) is 10.9. The molecule has 0 bridgehead atoms. The summed E-state index contributed by atoms with van der Waals surface area (Å²) in [6.45, 7) is 4.77. The highest BCUT2D eigenvalue weighted by Crippen LogP contribution is 2.24. The number of nitro groups is 1. The zero-order valence-electron chi connectivity index (χ0n) is 10.1. The van der Waals surface area contributed by atoms with Gasteiger partial charge in [0.25, 0.3) is 5.69 Å². The summed E-state index contributed by atoms with van der Waals surface area (Å²) in [7, 11) is 0. The van der Waals surface area contributed by atoms with Crippen LogP contribution in [-0.2, 0) is 11.3 Å². The predicted molar refractivity (Wildman–Crippen MR) is 63.7 cm³/mol. The van der Waals surface area contributed by atoms with E-state index in [0.29, 0.717) is 30.0 Å². The first-order valence-corrected chi connectivity index (χ1v) is 5.45. The van der Waals surface area contributed by atoms with Crippen molar-refractivity contribution in [3.63, 3.8) is 0 Å². The van der Waals surface area contributed by atoms with Crippen molar-refractivity contribution in [3.8, 4) is 0 Å². The Morgan fingerprint density at radius 1 is 1.53 bits per heavy atom. The topological polar surface area (TPSA) is 91.3 Å². The Hall–Kier alpha value is -1.53. The van der Waals surface area contributed by atoms with Crippen molar-refractivity contribution < 1.29 is 9.66 Å². The third-order valence-corrected chi connectivity index (χ3v) is 2.49. The van der Waals surface area contributed by atoms with Gasteiger partial charge in [-0.3, -0.25) is 15.1 Å². The standard InChI is InChI=1S/C11H17N3O3/c1-8-6-13-10(7-17-5-3-4-12)9(2)11(8)14(15)16/h6H,3-5,7,12H2,1-2H3. The predicted octanol–water partition coefficient (Wildman–Crippen LogP) is 1.47. The normalized spacial score (nSPS) is 10.5. The quantitative estimate of drug-likeness (QED) is 0.461. The molecule has 1 aromatic heterocycles. The molecule has 0 aliphatic carbocycles. The molecule has 0 amide bonds. The molecule has 6 heteroatoms. The van der Waals surface area contributed by atoms with Crippen LogP contribution >= 0.6 is 0 Å². The first kappa shape index (κ1) is 13.5. The van der Waals surface area contributed by atoms with Gasteiger partial charge in [-0.2, -0.15) is 0 Å². The van der Waals surface area contributed by atoms with E-state index in [9.17, 15) is 10.1 Å². The minimum absolute atomic E-state index is 0.123. The molecule has 0 spiro atoms. The van der Waals surface area contributed by atoms with Gasteiger partial charge in [0.1, 0.15) is 0 Å². The van der Waals surface area contributed by atoms with Gasteiger partial charge < -0.3 is 10.5 Å². The summed E-state index contributed by atoms with van der Waals surface area (Å²) in [5.74, 6) is 0. The Morgan fingerprint density at radius 2 is 2.24 bits per heavy atom. The van der Waals surface area contributed by atoms with Gasteiger partial charge in [-0.1, -0.05) is 0 Å². The molecule has 0 radical (unpaired) electrons. The molecule has 0 saturated carbocycles. The highest BCUT2D eigenvalue weighted by atomic mass is 16.6. The van der Waals surface area contributed by atoms with Crippen LogP contribution in [0.5, 0.6) is 0 Å². The molecule has 2 N–H and O–H groups in total. The number of hydrogen-bond donors (Lipinski definition) is 1. The number of pyridine rings is 1. The lowest BCUT2D eigenvalue weighted by Crippen LogP contribution is -2.07. The van der Waals surface area contributed by atoms with Crippen molar-refractivity contribution in [2.24, 2.45) is 5.73 Å². The monoisotopic (exact) mass is 239 g/mol. The van der Waals surface area contributed by atoms with Crippen molar-refractivity contribution in [2.45, 2.75) is 26.9 Å². The van der Waals surface area contributed by atoms with Crippen molar-refractivity contribution in [2.75, 3.05) is 13.2 Å². The maximum absolute atomic E-state index is 10.9. The second-order valence-electron chi connectivity index (χ2n) is 3.81. The molecule has 17 heavy (non-hydrogen) atoms. The van der Waals surface area contributed by atoms with E-state index in [2.05, 4.69) is 4.98 Å². The van der Waals surface area contributed by atoms with E-state index in [1.807, 2.05) is 0 Å². The number of rotatable bonds is 6. The zero-order valence-corrected chi connectivity index (χ0v) is 10.1. The van der Waals surface area contributed by atoms with E-state index in [0.717, 1.165) is 6.42 Å². The van der Waals surface area contributed by atoms with Gasteiger partial charge >= 0.3 is 0 Å². The SMILES string of the molecule is Cc1cnc(COCCCN)c(C)c1[N+](=O)[O-]. The third-order valence-electron chi connectivity index (χ3n) is 2.49. The Labute approximate surface area is 99.9 Å². The van der Waals surface area contributed by atoms with Gasteiger partial charge in [-0.25, -0.2) is 0 Å². The molecule has 0 atom stereocenters. The second-order valence-corrected chi connectivity index (χ2v) is 3.81. The summed E-state index contributed by atoms with van der Waals surface area (Å²) >= 11 is 0. The van der Waals surface area contributed by atoms with Gasteiger partial charge in [0, 0.05) is 18.4 Å². The Morgan fingerprint density at radius 3 is 2.82 bits per heavy atom. The first-order chi connectivity index (χ1) is 8.07. The molecule has 1 rings (SSSR count). The van der Waals surface area contributed by atoms with E-state index in [1.165, 1.54) is 6.20 Å². The van der Waals surface area contributed by atoms with Gasteiger partial charge in [-0.15, -0.1) is 0 Å². The van der Waals surface area contributed by atoms with Gasteiger partial charge in [0.2, 0.25) is 0 Å². The van der Waals surface area contributed by atoms with Crippen LogP contribution < -0.4 is 5.73 Å². The fourth-order valence-electron chi connectivity index (χ4n) is 1.55. The fraction of sp³-hybridized carbons (Fsp3) is 0.545. The van der Waals surface area contributed by atoms with Crippen LogP contribution in [0.1, 0.15) is 23.2 Å². The first-order valence-electron chi connectivity index (χ1n) is 5.45. The average molecular weight is 239 g/mol. The minimum atomic E-state index is -0.379. The van der Waals surface area contributed by atoms with E-state index in [4.69, 9.17) is 10.5 Å². The molecule has 0 unspecified atom stereocenters. The number of hydrogen-bond acceptors (Lipinski definition) is 5. The number of aryl methyl sites for hydroxylation is 1. The number of nitrogens with zero attached hydrogens (tertiary/aromatic N) is 2. The minimum Gasteiger partial charge on any atom is -0.375 e. The Balaban J connectivity index is 2.80. The van der Waals surface area contributed by atoms with Crippen molar-refractivity contribution in [3.05, 3.63) is 33.1 Å². The molecule has 0 aliphatic heterocycles. The Bertz CT molecular complexity index is 407. The van der Waals surface area contributed by atoms with Crippen LogP contribution in [0.25, 0.3) is 0 Å². The average Bonchev–Trinajstić information content (AvgIpc) is 2.26. The second kappa shape index (κ2) is 6.27. The van der Waals surface area contributed by atoms with E-state index < -0.39 is 0 Å². The van der Waals surface area contributed by atoms with Crippen LogP contribution in [0, 0.1) is 24.0 Å². The van der Waals surface area contributed by atoms with Crippen molar-refractivity contribution in [1.29, 1.82) is 0 Å². The molecular weight excluding hydrogens is 222 g/mol. The molecule has 0 aliphatic rings. The highest BCUT2D eigenvalue weighted by Gasteiger charge is 2.18. The summed E-state index contributed by atoms with van der Waals surface area (Å²) in [6, 6.07) is 0. The smallest absolute Gasteiger partial charge is 0.278 e. The van der Waals surface area contributed by atoms with Gasteiger partial charge in [0.05, 0.1) is 22.8 Å². The van der Waals surface area contributed by atoms with Crippen LogP contribution in [0.2, 0.25) is 0 Å². The molecule has 0 saturated heterocycles. The molecule has 1 heterocycles. The lowest BCUT2D eigenvalue weighted by atomic mass is 10.1. The molecular formula is C11H17N3O3. The summed E-state index contributed by atoms with van der Waals surface area (Å²) < 4.78 is 5.35. The summed E-state index contributed by atoms with van der Waals surface area (Å²) in [5.41, 5.74) is 7.21. The van der Waals surface area contributed by atoms with Gasteiger partial charge in [0.15, 0.2) is 0 Å². The van der Waals surface area contributed by atoms with E-state index >= 15 is 0 Å². The molecule has 1 aromatic rings. The van der Waals surface area contributed by atoms with Crippen LogP contribution in [0.15, 0.2) is 6.20 Å². The number of aromatic nitrogens is 1. The number of nitrogens with two attached hydrogens (primary N) is 1. The summed E-state index contributed by atoms with van der Waals surface area (Å²) in [4.78, 5) is 14.7. The van der Waals surface area contributed by atoms with E-state index in [1.54, 1.807) is 13.8 Å². The molecule has 0 aromatic carbocycles. The Kier molecular flexibility index (Phi) is 4.99. The van der Waals surface area contributed by atoms with Crippen LogP contribution in [0.4, 0.5) is 5.69 Å². The van der Waals surface area contributed by atoms with Crippen LogP contribution in [0.3, 0.4) is 0 Å². The van der Waals surface area contributed by atoms with E-state index in [-0.39, 0.29) is 17.2 Å². The lowest BCUT2D eigenvalue weighted by molar-refractivity contribution is -0.386. The lowest BCUT2D eigenvalue weighted by Gasteiger charge is -2.07. The zero-order chi connectivity index (χ0) is 12.8. The maximum Gasteiger partial charge on any atom is 0.278 e. The summed E-state index contributed by atoms with van der Waals surface area (Å²) in [6.07, 6.45) is 2.28. The molecule has 0 fully saturated rings. The third kappa shape index (κ3) is 3.47.